The van der Waals surface area contributed by atoms with Crippen LogP contribution in [-0.4, -0.2) is 53.0 Å². The van der Waals surface area contributed by atoms with Crippen LogP contribution in [0.5, 0.6) is 17.2 Å². The van der Waals surface area contributed by atoms with Gasteiger partial charge < -0.3 is 19.6 Å². The third-order valence-corrected chi connectivity index (χ3v) is 7.13. The largest absolute Gasteiger partial charge is 0.504 e. The highest BCUT2D eigenvalue weighted by Gasteiger charge is 2.34. The van der Waals surface area contributed by atoms with Crippen LogP contribution in [0, 0.1) is 0 Å². The lowest BCUT2D eigenvalue weighted by Crippen LogP contribution is -2.43. The van der Waals surface area contributed by atoms with E-state index in [1.807, 2.05) is 44.2 Å². The first-order valence-corrected chi connectivity index (χ1v) is 12.6. The van der Waals surface area contributed by atoms with Gasteiger partial charge in [0.05, 0.1) is 11.4 Å². The minimum absolute atomic E-state index is 0.00903. The predicted molar refractivity (Wildman–Crippen MR) is 139 cm³/mol. The summed E-state index contributed by atoms with van der Waals surface area (Å²) in [6.45, 7) is 8.24. The number of piperidine rings is 1. The second-order valence-electron chi connectivity index (χ2n) is 9.25. The summed E-state index contributed by atoms with van der Waals surface area (Å²) in [5.74, 6) is 1.17. The molecule has 5 rings (SSSR count). The Hall–Kier alpha value is -3.51. The van der Waals surface area contributed by atoms with E-state index in [4.69, 9.17) is 4.74 Å². The molecule has 35 heavy (non-hydrogen) atoms. The molecule has 0 unspecified atom stereocenters. The predicted octanol–water partition coefficient (Wildman–Crippen LogP) is 5.78. The number of carbonyl (C=O) groups is 1. The molecule has 0 atom stereocenters. The summed E-state index contributed by atoms with van der Waals surface area (Å²) < 4.78 is 6.19. The molecule has 6 nitrogen and oxygen atoms in total. The third-order valence-electron chi connectivity index (χ3n) is 7.13. The SMILES string of the molecule is CCN(CC)C(=O)c1ccc2c(c1)Oc1c(O)cccc1N2C1CCN(Cc2ccccc2)CC1. The molecule has 0 aliphatic carbocycles. The molecule has 2 aliphatic heterocycles. The van der Waals surface area contributed by atoms with Gasteiger partial charge in [0.1, 0.15) is 0 Å². The minimum atomic E-state index is -0.00903. The normalized spacial score (nSPS) is 15.8. The van der Waals surface area contributed by atoms with Crippen molar-refractivity contribution in [2.24, 2.45) is 0 Å². The molecule has 0 bridgehead atoms. The zero-order valence-corrected chi connectivity index (χ0v) is 20.5. The maximum atomic E-state index is 13.0. The van der Waals surface area contributed by atoms with Crippen molar-refractivity contribution >= 4 is 17.3 Å². The molecule has 2 heterocycles. The average molecular weight is 472 g/mol. The Morgan fingerprint density at radius 3 is 2.43 bits per heavy atom. The zero-order chi connectivity index (χ0) is 24.4. The number of para-hydroxylation sites is 1. The Bertz CT molecular complexity index is 1190. The number of benzene rings is 3. The monoisotopic (exact) mass is 471 g/mol. The fourth-order valence-electron chi connectivity index (χ4n) is 5.24. The van der Waals surface area contributed by atoms with Gasteiger partial charge in [0.15, 0.2) is 17.2 Å². The lowest BCUT2D eigenvalue weighted by atomic mass is 9.98. The van der Waals surface area contributed by atoms with Crippen molar-refractivity contribution in [3.05, 3.63) is 77.9 Å². The van der Waals surface area contributed by atoms with Crippen molar-refractivity contribution in [3.63, 3.8) is 0 Å². The van der Waals surface area contributed by atoms with Crippen molar-refractivity contribution in [1.29, 1.82) is 0 Å². The molecular weight excluding hydrogens is 438 g/mol. The van der Waals surface area contributed by atoms with Gasteiger partial charge in [0, 0.05) is 44.3 Å². The molecule has 1 saturated heterocycles. The Morgan fingerprint density at radius 1 is 0.971 bits per heavy atom. The van der Waals surface area contributed by atoms with Gasteiger partial charge in [-0.05, 0) is 62.6 Å². The van der Waals surface area contributed by atoms with E-state index < -0.39 is 0 Å². The molecule has 3 aromatic carbocycles. The van der Waals surface area contributed by atoms with Gasteiger partial charge in [0.2, 0.25) is 0 Å². The first kappa shape index (κ1) is 23.2. The Morgan fingerprint density at radius 2 is 1.71 bits per heavy atom. The van der Waals surface area contributed by atoms with Crippen LogP contribution in [0.15, 0.2) is 66.7 Å². The summed E-state index contributed by atoms with van der Waals surface area (Å²) in [5, 5.41) is 10.6. The van der Waals surface area contributed by atoms with E-state index in [0.717, 1.165) is 43.9 Å². The summed E-state index contributed by atoms with van der Waals surface area (Å²) in [5.41, 5.74) is 3.76. The quantitative estimate of drug-likeness (QED) is 0.494. The number of hydrogen-bond donors (Lipinski definition) is 1. The van der Waals surface area contributed by atoms with Crippen LogP contribution in [0.3, 0.4) is 0 Å². The summed E-state index contributed by atoms with van der Waals surface area (Å²) in [4.78, 5) is 19.6. The molecule has 0 spiro atoms. The summed E-state index contributed by atoms with van der Waals surface area (Å²) in [6, 6.07) is 22.1. The van der Waals surface area contributed by atoms with E-state index in [-0.39, 0.29) is 17.7 Å². The molecular formula is C29H33N3O3. The number of carbonyl (C=O) groups excluding carboxylic acids is 1. The third kappa shape index (κ3) is 4.58. The van der Waals surface area contributed by atoms with Gasteiger partial charge in [-0.1, -0.05) is 36.4 Å². The van der Waals surface area contributed by atoms with Crippen molar-refractivity contribution in [2.45, 2.75) is 39.3 Å². The number of hydrogen-bond acceptors (Lipinski definition) is 5. The van der Waals surface area contributed by atoms with Crippen molar-refractivity contribution in [2.75, 3.05) is 31.1 Å². The zero-order valence-electron chi connectivity index (χ0n) is 20.5. The summed E-state index contributed by atoms with van der Waals surface area (Å²) in [6.07, 6.45) is 2.00. The molecule has 3 aromatic rings. The Balaban J connectivity index is 1.42. The van der Waals surface area contributed by atoms with Crippen LogP contribution >= 0.6 is 0 Å². The number of ether oxygens (including phenoxy) is 1. The maximum Gasteiger partial charge on any atom is 0.253 e. The fourth-order valence-corrected chi connectivity index (χ4v) is 5.24. The van der Waals surface area contributed by atoms with Crippen LogP contribution < -0.4 is 9.64 Å². The lowest BCUT2D eigenvalue weighted by Gasteiger charge is -2.42. The topological polar surface area (TPSA) is 56.3 Å². The first-order valence-electron chi connectivity index (χ1n) is 12.6. The van der Waals surface area contributed by atoms with Crippen LogP contribution in [0.1, 0.15) is 42.6 Å². The number of aromatic hydroxyl groups is 1. The molecule has 1 fully saturated rings. The van der Waals surface area contributed by atoms with E-state index in [0.29, 0.717) is 30.2 Å². The first-order chi connectivity index (χ1) is 17.1. The second kappa shape index (κ2) is 10.0. The number of nitrogens with zero attached hydrogens (tertiary/aromatic N) is 3. The van der Waals surface area contributed by atoms with Crippen LogP contribution in [-0.2, 0) is 6.54 Å². The van der Waals surface area contributed by atoms with E-state index in [2.05, 4.69) is 40.1 Å². The van der Waals surface area contributed by atoms with Gasteiger partial charge in [-0.25, -0.2) is 0 Å². The number of phenolic OH excluding ortho intramolecular Hbond substituents is 1. The van der Waals surface area contributed by atoms with Gasteiger partial charge in [-0.3, -0.25) is 9.69 Å². The summed E-state index contributed by atoms with van der Waals surface area (Å²) >= 11 is 0. The molecule has 0 radical (unpaired) electrons. The van der Waals surface area contributed by atoms with Gasteiger partial charge in [-0.15, -0.1) is 0 Å². The fraction of sp³-hybridized carbons (Fsp3) is 0.345. The number of amides is 1. The highest BCUT2D eigenvalue weighted by Crippen LogP contribution is 2.52. The van der Waals surface area contributed by atoms with Crippen molar-refractivity contribution in [1.82, 2.24) is 9.80 Å². The van der Waals surface area contributed by atoms with E-state index >= 15 is 0 Å². The maximum absolute atomic E-state index is 13.0. The van der Waals surface area contributed by atoms with Gasteiger partial charge in [0.25, 0.3) is 5.91 Å². The summed E-state index contributed by atoms with van der Waals surface area (Å²) in [7, 11) is 0. The minimum Gasteiger partial charge on any atom is -0.504 e. The van der Waals surface area contributed by atoms with Gasteiger partial charge in [-0.2, -0.15) is 0 Å². The smallest absolute Gasteiger partial charge is 0.253 e. The van der Waals surface area contributed by atoms with E-state index in [9.17, 15) is 9.90 Å². The Labute approximate surface area is 207 Å². The number of fused-ring (bicyclic) bond motifs is 2. The lowest BCUT2D eigenvalue weighted by molar-refractivity contribution is 0.0772. The number of likely N-dealkylation sites (tertiary alicyclic amines) is 1. The molecule has 6 heteroatoms. The van der Waals surface area contributed by atoms with Gasteiger partial charge >= 0.3 is 0 Å². The molecule has 0 aromatic heterocycles. The van der Waals surface area contributed by atoms with Crippen molar-refractivity contribution in [3.8, 4) is 17.2 Å². The van der Waals surface area contributed by atoms with Crippen LogP contribution in [0.25, 0.3) is 0 Å². The van der Waals surface area contributed by atoms with E-state index in [1.165, 1.54) is 5.56 Å². The standard InChI is InChI=1S/C29H33N3O3/c1-3-31(4-2)29(34)22-13-14-24-27(19-22)35-28-25(11-8-12-26(28)33)32(24)23-15-17-30(18-16-23)20-21-9-6-5-7-10-21/h5-14,19,23,33H,3-4,15-18,20H2,1-2H3. The van der Waals surface area contributed by atoms with Crippen molar-refractivity contribution < 1.29 is 14.6 Å². The second-order valence-corrected chi connectivity index (χ2v) is 9.25. The van der Waals surface area contributed by atoms with Crippen LogP contribution in [0.4, 0.5) is 11.4 Å². The molecule has 182 valence electrons. The highest BCUT2D eigenvalue weighted by molar-refractivity contribution is 5.96. The molecule has 0 saturated carbocycles. The number of phenols is 1. The molecule has 1 N–H and O–H groups in total. The van der Waals surface area contributed by atoms with Crippen LogP contribution in [0.2, 0.25) is 0 Å². The number of rotatable bonds is 6. The molecule has 1 amide bonds. The average Bonchev–Trinajstić information content (AvgIpc) is 2.89. The van der Waals surface area contributed by atoms with E-state index in [1.54, 1.807) is 11.0 Å². The highest BCUT2D eigenvalue weighted by atomic mass is 16.5. The Kier molecular flexibility index (Phi) is 6.64. The molecule has 2 aliphatic rings. The number of anilines is 2.